The largest absolute Gasteiger partial charge is 0.295 e. The summed E-state index contributed by atoms with van der Waals surface area (Å²) in [6.07, 6.45) is 0. The minimum absolute atomic E-state index is 0.0302. The highest BCUT2D eigenvalue weighted by atomic mass is 32.2. The molecule has 1 N–H and O–H groups in total. The van der Waals surface area contributed by atoms with E-state index in [4.69, 9.17) is 4.55 Å². The van der Waals surface area contributed by atoms with Crippen molar-refractivity contribution in [2.75, 3.05) is 0 Å². The van der Waals surface area contributed by atoms with E-state index in [0.717, 1.165) is 0 Å². The van der Waals surface area contributed by atoms with Crippen molar-refractivity contribution in [2.45, 2.75) is 44.9 Å². The Kier molecular flexibility index (Phi) is 3.38. The Bertz CT molecular complexity index is 554. The Labute approximate surface area is 101 Å². The number of rotatable bonds is 1. The van der Waals surface area contributed by atoms with Gasteiger partial charge >= 0.3 is 0 Å². The van der Waals surface area contributed by atoms with Crippen molar-refractivity contribution in [3.05, 3.63) is 28.6 Å². The first-order chi connectivity index (χ1) is 7.46. The number of benzene rings is 1. The summed E-state index contributed by atoms with van der Waals surface area (Å²) < 4.78 is 45.5. The van der Waals surface area contributed by atoms with Crippen LogP contribution >= 0.6 is 0 Å². The van der Waals surface area contributed by atoms with E-state index in [2.05, 4.69) is 0 Å². The average Bonchev–Trinajstić information content (AvgIpc) is 2.07. The minimum Gasteiger partial charge on any atom is -0.282 e. The van der Waals surface area contributed by atoms with E-state index in [1.165, 1.54) is 13.0 Å². The summed E-state index contributed by atoms with van der Waals surface area (Å²) in [5.74, 6) is -0.573. The summed E-state index contributed by atoms with van der Waals surface area (Å²) in [5.41, 5.74) is 0.353. The molecule has 5 heteroatoms. The first-order valence-electron chi connectivity index (χ1n) is 5.24. The maximum absolute atomic E-state index is 14.1. The minimum atomic E-state index is -4.39. The molecule has 17 heavy (non-hydrogen) atoms. The van der Waals surface area contributed by atoms with Crippen LogP contribution in [0.25, 0.3) is 0 Å². The molecule has 0 heterocycles. The first kappa shape index (κ1) is 14.1. The fourth-order valence-corrected chi connectivity index (χ4v) is 2.83. The zero-order valence-electron chi connectivity index (χ0n) is 10.6. The lowest BCUT2D eigenvalue weighted by atomic mass is 9.84. The van der Waals surface area contributed by atoms with Gasteiger partial charge in [-0.3, -0.25) is 4.55 Å². The van der Waals surface area contributed by atoms with Crippen LogP contribution in [0.1, 0.15) is 37.5 Å². The quantitative estimate of drug-likeness (QED) is 0.790. The Morgan fingerprint density at radius 1 is 1.24 bits per heavy atom. The molecule has 0 unspecified atom stereocenters. The Morgan fingerprint density at radius 2 is 1.71 bits per heavy atom. The second-order valence-corrected chi connectivity index (χ2v) is 6.59. The molecule has 0 aromatic heterocycles. The van der Waals surface area contributed by atoms with Crippen LogP contribution in [0.15, 0.2) is 11.0 Å². The molecular formula is C12H17FO3S. The van der Waals surface area contributed by atoms with E-state index in [9.17, 15) is 12.8 Å². The second kappa shape index (κ2) is 4.07. The summed E-state index contributed by atoms with van der Waals surface area (Å²) in [6, 6.07) is 1.48. The SMILES string of the molecule is Cc1cc(C(C)(C)C)c(F)c(C)c1S(=O)(=O)O. The van der Waals surface area contributed by atoms with E-state index in [0.29, 0.717) is 11.1 Å². The maximum atomic E-state index is 14.1. The summed E-state index contributed by atoms with van der Waals surface area (Å²) in [5, 5.41) is 0. The molecule has 0 bridgehead atoms. The predicted molar refractivity (Wildman–Crippen MR) is 64.4 cm³/mol. The van der Waals surface area contributed by atoms with E-state index in [-0.39, 0.29) is 10.5 Å². The maximum Gasteiger partial charge on any atom is 0.295 e. The van der Waals surface area contributed by atoms with Crippen LogP contribution in [0.2, 0.25) is 0 Å². The number of aryl methyl sites for hydroxylation is 1. The molecule has 1 aromatic carbocycles. The van der Waals surface area contributed by atoms with Crippen LogP contribution in [-0.2, 0) is 15.5 Å². The summed E-state index contributed by atoms with van der Waals surface area (Å²) in [7, 11) is -4.39. The molecule has 96 valence electrons. The molecule has 0 fully saturated rings. The molecule has 1 aromatic rings. The first-order valence-corrected chi connectivity index (χ1v) is 6.68. The van der Waals surface area contributed by atoms with Gasteiger partial charge in [0.2, 0.25) is 0 Å². The van der Waals surface area contributed by atoms with Crippen molar-refractivity contribution in [2.24, 2.45) is 0 Å². The lowest BCUT2D eigenvalue weighted by Gasteiger charge is -2.22. The molecule has 0 saturated heterocycles. The standard InChI is InChI=1S/C12H17FO3S/c1-7-6-9(12(3,4)5)10(13)8(2)11(7)17(14,15)16/h6H,1-5H3,(H,14,15,16). The van der Waals surface area contributed by atoms with E-state index < -0.39 is 21.4 Å². The third-order valence-electron chi connectivity index (χ3n) is 2.69. The van der Waals surface area contributed by atoms with Crippen molar-refractivity contribution in [1.29, 1.82) is 0 Å². The van der Waals surface area contributed by atoms with Crippen LogP contribution in [0, 0.1) is 19.7 Å². The van der Waals surface area contributed by atoms with Gasteiger partial charge in [0.25, 0.3) is 10.1 Å². The van der Waals surface area contributed by atoms with E-state index in [1.807, 2.05) is 20.8 Å². The lowest BCUT2D eigenvalue weighted by Crippen LogP contribution is -2.17. The molecule has 3 nitrogen and oxygen atoms in total. The lowest BCUT2D eigenvalue weighted by molar-refractivity contribution is 0.476. The summed E-state index contributed by atoms with van der Waals surface area (Å²) in [6.45, 7) is 8.44. The highest BCUT2D eigenvalue weighted by molar-refractivity contribution is 7.86. The van der Waals surface area contributed by atoms with Crippen LogP contribution < -0.4 is 0 Å². The monoisotopic (exact) mass is 260 g/mol. The zero-order valence-corrected chi connectivity index (χ0v) is 11.4. The van der Waals surface area contributed by atoms with Gasteiger partial charge in [0.15, 0.2) is 0 Å². The molecule has 0 aliphatic carbocycles. The average molecular weight is 260 g/mol. The van der Waals surface area contributed by atoms with Gasteiger partial charge in [0, 0.05) is 5.56 Å². The molecule has 0 amide bonds. The normalized spacial score (nSPS) is 12.9. The second-order valence-electron chi connectivity index (χ2n) is 5.23. The molecular weight excluding hydrogens is 243 g/mol. The van der Waals surface area contributed by atoms with Crippen molar-refractivity contribution in [1.82, 2.24) is 0 Å². The summed E-state index contributed by atoms with van der Waals surface area (Å²) in [4.78, 5) is -0.331. The van der Waals surface area contributed by atoms with Crippen molar-refractivity contribution in [3.8, 4) is 0 Å². The van der Waals surface area contributed by atoms with Gasteiger partial charge in [-0.1, -0.05) is 26.8 Å². The van der Waals surface area contributed by atoms with Crippen molar-refractivity contribution < 1.29 is 17.4 Å². The molecule has 0 spiro atoms. The van der Waals surface area contributed by atoms with Gasteiger partial charge < -0.3 is 0 Å². The predicted octanol–water partition coefficient (Wildman–Crippen LogP) is 2.99. The highest BCUT2D eigenvalue weighted by Crippen LogP contribution is 2.32. The third-order valence-corrected chi connectivity index (χ3v) is 3.84. The van der Waals surface area contributed by atoms with Gasteiger partial charge in [-0.25, -0.2) is 4.39 Å². The molecule has 0 atom stereocenters. The molecule has 0 aliphatic rings. The van der Waals surface area contributed by atoms with Gasteiger partial charge in [0.05, 0.1) is 0 Å². The molecule has 1 rings (SSSR count). The smallest absolute Gasteiger partial charge is 0.282 e. The van der Waals surface area contributed by atoms with Crippen LogP contribution in [-0.4, -0.2) is 13.0 Å². The van der Waals surface area contributed by atoms with E-state index >= 15 is 0 Å². The number of hydrogen-bond acceptors (Lipinski definition) is 2. The summed E-state index contributed by atoms with van der Waals surface area (Å²) >= 11 is 0. The van der Waals surface area contributed by atoms with Crippen molar-refractivity contribution in [3.63, 3.8) is 0 Å². The van der Waals surface area contributed by atoms with Crippen LogP contribution in [0.3, 0.4) is 0 Å². The molecule has 0 radical (unpaired) electrons. The third kappa shape index (κ3) is 2.66. The van der Waals surface area contributed by atoms with Gasteiger partial charge in [-0.2, -0.15) is 8.42 Å². The van der Waals surface area contributed by atoms with Crippen molar-refractivity contribution >= 4 is 10.1 Å². The fourth-order valence-electron chi connectivity index (χ4n) is 1.89. The van der Waals surface area contributed by atoms with Crippen LogP contribution in [0.5, 0.6) is 0 Å². The highest BCUT2D eigenvalue weighted by Gasteiger charge is 2.26. The molecule has 0 saturated carbocycles. The topological polar surface area (TPSA) is 54.4 Å². The van der Waals surface area contributed by atoms with E-state index in [1.54, 1.807) is 6.92 Å². The van der Waals surface area contributed by atoms with Crippen LogP contribution in [0.4, 0.5) is 4.39 Å². The van der Waals surface area contributed by atoms with Gasteiger partial charge in [-0.15, -0.1) is 0 Å². The van der Waals surface area contributed by atoms with Gasteiger partial charge in [0.1, 0.15) is 10.7 Å². The number of hydrogen-bond donors (Lipinski definition) is 1. The zero-order chi connectivity index (χ0) is 13.6. The molecule has 0 aliphatic heterocycles. The Balaban J connectivity index is 3.72. The number of halogens is 1. The van der Waals surface area contributed by atoms with Gasteiger partial charge in [-0.05, 0) is 30.4 Å². The fraction of sp³-hybridized carbons (Fsp3) is 0.500. The Hall–Kier alpha value is -0.940. The Morgan fingerprint density at radius 3 is 2.06 bits per heavy atom.